The fraction of sp³-hybridized carbons (Fsp3) is 0.600. The van der Waals surface area contributed by atoms with E-state index in [4.69, 9.17) is 10.5 Å². The summed E-state index contributed by atoms with van der Waals surface area (Å²) >= 11 is 0. The van der Waals surface area contributed by atoms with Crippen LogP contribution in [0.3, 0.4) is 0 Å². The van der Waals surface area contributed by atoms with E-state index in [0.717, 1.165) is 6.42 Å². The number of hydrogen-bond acceptors (Lipinski definition) is 4. The maximum Gasteiger partial charge on any atom is 0.274 e. The van der Waals surface area contributed by atoms with Gasteiger partial charge in [0.2, 0.25) is 0 Å². The highest BCUT2D eigenvalue weighted by molar-refractivity contribution is 5.97. The smallest absolute Gasteiger partial charge is 0.274 e. The lowest BCUT2D eigenvalue weighted by Gasteiger charge is -2.21. The van der Waals surface area contributed by atoms with Crippen LogP contribution >= 0.6 is 0 Å². The first kappa shape index (κ1) is 10.9. The van der Waals surface area contributed by atoms with Crippen LogP contribution in [-0.2, 0) is 4.74 Å². The Morgan fingerprint density at radius 1 is 1.75 bits per heavy atom. The first-order chi connectivity index (χ1) is 7.68. The van der Waals surface area contributed by atoms with Gasteiger partial charge in [-0.1, -0.05) is 0 Å². The molecule has 6 nitrogen and oxygen atoms in total. The zero-order valence-corrected chi connectivity index (χ0v) is 9.27. The van der Waals surface area contributed by atoms with Crippen LogP contribution in [0.4, 0.5) is 5.69 Å². The van der Waals surface area contributed by atoms with Gasteiger partial charge in [-0.2, -0.15) is 5.10 Å². The van der Waals surface area contributed by atoms with Gasteiger partial charge in [-0.3, -0.25) is 9.89 Å². The summed E-state index contributed by atoms with van der Waals surface area (Å²) in [5, 5.41) is 6.38. The fourth-order valence-corrected chi connectivity index (χ4v) is 1.80. The van der Waals surface area contributed by atoms with Crippen LogP contribution in [0.5, 0.6) is 0 Å². The maximum absolute atomic E-state index is 12.1. The van der Waals surface area contributed by atoms with Crippen molar-refractivity contribution in [3.8, 4) is 0 Å². The van der Waals surface area contributed by atoms with Gasteiger partial charge in [0.05, 0.1) is 18.0 Å². The van der Waals surface area contributed by atoms with Crippen molar-refractivity contribution in [2.45, 2.75) is 19.4 Å². The molecular formula is C10H16N4O2. The van der Waals surface area contributed by atoms with Gasteiger partial charge < -0.3 is 15.4 Å². The third-order valence-corrected chi connectivity index (χ3v) is 2.62. The normalized spacial score (nSPS) is 21.8. The van der Waals surface area contributed by atoms with Gasteiger partial charge in [0.15, 0.2) is 0 Å². The molecule has 1 amide bonds. The minimum absolute atomic E-state index is 0.0654. The van der Waals surface area contributed by atoms with Crippen molar-refractivity contribution in [3.63, 3.8) is 0 Å². The zero-order chi connectivity index (χ0) is 11.5. The molecule has 0 bridgehead atoms. The number of carbonyl (C=O) groups excluding carboxylic acids is 1. The summed E-state index contributed by atoms with van der Waals surface area (Å²) in [6.45, 7) is 3.95. The number of nitrogens with zero attached hydrogens (tertiary/aromatic N) is 2. The van der Waals surface area contributed by atoms with Crippen LogP contribution in [0.2, 0.25) is 0 Å². The standard InChI is InChI=1S/C10H16N4O2/c1-7-6-14(3-2-4-16-7)10(15)9-8(11)5-12-13-9/h5,7H,2-4,6,11H2,1H3,(H,12,13). The molecule has 0 saturated carbocycles. The molecule has 1 unspecified atom stereocenters. The third kappa shape index (κ3) is 2.16. The van der Waals surface area contributed by atoms with E-state index in [9.17, 15) is 4.79 Å². The lowest BCUT2D eigenvalue weighted by atomic mass is 10.3. The molecular weight excluding hydrogens is 208 g/mol. The number of amides is 1. The van der Waals surface area contributed by atoms with Gasteiger partial charge in [0.1, 0.15) is 5.69 Å². The number of aromatic nitrogens is 2. The Morgan fingerprint density at radius 3 is 3.25 bits per heavy atom. The Hall–Kier alpha value is -1.56. The highest BCUT2D eigenvalue weighted by Crippen LogP contribution is 2.13. The van der Waals surface area contributed by atoms with Gasteiger partial charge in [0.25, 0.3) is 5.91 Å². The van der Waals surface area contributed by atoms with E-state index in [1.165, 1.54) is 6.20 Å². The Labute approximate surface area is 93.8 Å². The van der Waals surface area contributed by atoms with Crippen LogP contribution in [0.25, 0.3) is 0 Å². The summed E-state index contributed by atoms with van der Waals surface area (Å²) in [5.74, 6) is -0.104. The summed E-state index contributed by atoms with van der Waals surface area (Å²) in [4.78, 5) is 13.9. The Balaban J connectivity index is 2.12. The Bertz CT molecular complexity index is 377. The molecule has 2 rings (SSSR count). The fourth-order valence-electron chi connectivity index (χ4n) is 1.80. The van der Waals surface area contributed by atoms with E-state index >= 15 is 0 Å². The van der Waals surface area contributed by atoms with Crippen molar-refractivity contribution in [2.75, 3.05) is 25.4 Å². The minimum Gasteiger partial charge on any atom is -0.396 e. The van der Waals surface area contributed by atoms with Gasteiger partial charge in [0, 0.05) is 19.7 Å². The highest BCUT2D eigenvalue weighted by Gasteiger charge is 2.23. The number of H-pyrrole nitrogens is 1. The van der Waals surface area contributed by atoms with Crippen LogP contribution in [0.1, 0.15) is 23.8 Å². The number of nitrogens with two attached hydrogens (primary N) is 1. The maximum atomic E-state index is 12.1. The minimum atomic E-state index is -0.104. The summed E-state index contributed by atoms with van der Waals surface area (Å²) in [6, 6.07) is 0. The lowest BCUT2D eigenvalue weighted by Crippen LogP contribution is -2.36. The van der Waals surface area contributed by atoms with Crippen molar-refractivity contribution in [1.82, 2.24) is 15.1 Å². The SMILES string of the molecule is CC1CN(C(=O)c2[nH]ncc2N)CCCO1. The largest absolute Gasteiger partial charge is 0.396 e. The number of nitrogens with one attached hydrogen (secondary N) is 1. The molecule has 88 valence electrons. The van der Waals surface area contributed by atoms with E-state index in [1.54, 1.807) is 4.90 Å². The number of carbonyl (C=O) groups is 1. The van der Waals surface area contributed by atoms with Crippen molar-refractivity contribution in [2.24, 2.45) is 0 Å². The van der Waals surface area contributed by atoms with Crippen LogP contribution < -0.4 is 5.73 Å². The molecule has 1 fully saturated rings. The lowest BCUT2D eigenvalue weighted by molar-refractivity contribution is 0.0560. The van der Waals surface area contributed by atoms with E-state index < -0.39 is 0 Å². The molecule has 1 aliphatic heterocycles. The molecule has 1 saturated heterocycles. The topological polar surface area (TPSA) is 84.2 Å². The van der Waals surface area contributed by atoms with E-state index in [-0.39, 0.29) is 12.0 Å². The number of rotatable bonds is 1. The van der Waals surface area contributed by atoms with Gasteiger partial charge in [-0.25, -0.2) is 0 Å². The average molecular weight is 224 g/mol. The predicted octanol–water partition coefficient (Wildman–Crippen LogP) is 0.243. The number of anilines is 1. The predicted molar refractivity (Wildman–Crippen MR) is 58.9 cm³/mol. The van der Waals surface area contributed by atoms with Crippen molar-refractivity contribution < 1.29 is 9.53 Å². The second kappa shape index (κ2) is 4.52. The van der Waals surface area contributed by atoms with Crippen molar-refractivity contribution in [3.05, 3.63) is 11.9 Å². The quantitative estimate of drug-likeness (QED) is 0.715. The molecule has 16 heavy (non-hydrogen) atoms. The number of nitrogen functional groups attached to an aromatic ring is 1. The van der Waals surface area contributed by atoms with Crippen molar-refractivity contribution in [1.29, 1.82) is 0 Å². The molecule has 0 radical (unpaired) electrons. The average Bonchev–Trinajstić information content (AvgIpc) is 2.55. The molecule has 2 heterocycles. The first-order valence-electron chi connectivity index (χ1n) is 5.38. The molecule has 3 N–H and O–H groups in total. The summed E-state index contributed by atoms with van der Waals surface area (Å²) in [5.41, 5.74) is 6.41. The Morgan fingerprint density at radius 2 is 2.56 bits per heavy atom. The summed E-state index contributed by atoms with van der Waals surface area (Å²) < 4.78 is 5.48. The molecule has 6 heteroatoms. The number of hydrogen-bond donors (Lipinski definition) is 2. The molecule has 1 aliphatic rings. The summed E-state index contributed by atoms with van der Waals surface area (Å²) in [7, 11) is 0. The monoisotopic (exact) mass is 224 g/mol. The van der Waals surface area contributed by atoms with Gasteiger partial charge >= 0.3 is 0 Å². The van der Waals surface area contributed by atoms with Crippen LogP contribution in [0, 0.1) is 0 Å². The number of ether oxygens (including phenoxy) is 1. The molecule has 1 aromatic heterocycles. The number of aromatic amines is 1. The second-order valence-electron chi connectivity index (χ2n) is 3.99. The van der Waals surface area contributed by atoms with Gasteiger partial charge in [-0.15, -0.1) is 0 Å². The molecule has 1 aromatic rings. The zero-order valence-electron chi connectivity index (χ0n) is 9.27. The first-order valence-corrected chi connectivity index (χ1v) is 5.38. The van der Waals surface area contributed by atoms with E-state index in [1.807, 2.05) is 6.92 Å². The van der Waals surface area contributed by atoms with Crippen molar-refractivity contribution >= 4 is 11.6 Å². The van der Waals surface area contributed by atoms with Gasteiger partial charge in [-0.05, 0) is 13.3 Å². The van der Waals surface area contributed by atoms with E-state index in [0.29, 0.717) is 31.1 Å². The second-order valence-corrected chi connectivity index (χ2v) is 3.99. The van der Waals surface area contributed by atoms with E-state index in [2.05, 4.69) is 10.2 Å². The molecule has 1 atom stereocenters. The summed E-state index contributed by atoms with van der Waals surface area (Å²) in [6.07, 6.45) is 2.37. The molecule has 0 aromatic carbocycles. The van der Waals surface area contributed by atoms with Crippen LogP contribution in [-0.4, -0.2) is 46.8 Å². The third-order valence-electron chi connectivity index (χ3n) is 2.62. The highest BCUT2D eigenvalue weighted by atomic mass is 16.5. The van der Waals surface area contributed by atoms with Crippen LogP contribution in [0.15, 0.2) is 6.20 Å². The molecule has 0 aliphatic carbocycles. The Kier molecular flexibility index (Phi) is 3.09. The molecule has 0 spiro atoms.